The highest BCUT2D eigenvalue weighted by atomic mass is 32.1. The van der Waals surface area contributed by atoms with E-state index < -0.39 is 0 Å². The Morgan fingerprint density at radius 2 is 1.88 bits per heavy atom. The number of amides is 1. The molecule has 1 aliphatic rings. The van der Waals surface area contributed by atoms with Crippen LogP contribution < -0.4 is 5.73 Å². The van der Waals surface area contributed by atoms with Crippen molar-refractivity contribution in [1.82, 2.24) is 4.90 Å². The minimum atomic E-state index is 0.0554. The first-order chi connectivity index (χ1) is 12.5. The van der Waals surface area contributed by atoms with Crippen LogP contribution in [0, 0.1) is 19.8 Å². The molecule has 1 amide bonds. The molecule has 1 fully saturated rings. The van der Waals surface area contributed by atoms with Gasteiger partial charge in [-0.2, -0.15) is 0 Å². The molecular formula is C21H26N2O2S. The number of aryl methyl sites for hydroxylation is 2. The van der Waals surface area contributed by atoms with E-state index in [1.165, 1.54) is 5.56 Å². The summed E-state index contributed by atoms with van der Waals surface area (Å²) in [5.41, 5.74) is 7.95. The van der Waals surface area contributed by atoms with E-state index in [2.05, 4.69) is 12.1 Å². The summed E-state index contributed by atoms with van der Waals surface area (Å²) in [7, 11) is 0. The van der Waals surface area contributed by atoms with E-state index in [1.807, 2.05) is 43.0 Å². The zero-order valence-corrected chi connectivity index (χ0v) is 16.2. The Balaban J connectivity index is 1.60. The third-order valence-corrected chi connectivity index (χ3v) is 6.20. The molecule has 0 radical (unpaired) electrons. The number of benzene rings is 1. The minimum absolute atomic E-state index is 0.0554. The molecule has 2 aromatic rings. The van der Waals surface area contributed by atoms with Crippen LogP contribution >= 0.6 is 11.3 Å². The van der Waals surface area contributed by atoms with Gasteiger partial charge in [0.25, 0.3) is 0 Å². The van der Waals surface area contributed by atoms with Crippen molar-refractivity contribution in [1.29, 1.82) is 0 Å². The molecule has 0 spiro atoms. The third-order valence-electron chi connectivity index (χ3n) is 5.23. The first kappa shape index (κ1) is 18.8. The summed E-state index contributed by atoms with van der Waals surface area (Å²) in [6.07, 6.45) is 0.543. The van der Waals surface area contributed by atoms with Gasteiger partial charge in [-0.1, -0.05) is 30.3 Å². The summed E-state index contributed by atoms with van der Waals surface area (Å²) in [6, 6.07) is 12.2. The highest BCUT2D eigenvalue weighted by Gasteiger charge is 2.35. The van der Waals surface area contributed by atoms with Gasteiger partial charge in [0.1, 0.15) is 0 Å². The number of carbonyl (C=O) groups excluding carboxylic acids is 2. The second-order valence-corrected chi connectivity index (χ2v) is 8.52. The molecule has 1 aromatic carbocycles. The largest absolute Gasteiger partial charge is 0.342 e. The van der Waals surface area contributed by atoms with E-state index in [4.69, 9.17) is 5.73 Å². The van der Waals surface area contributed by atoms with E-state index in [9.17, 15) is 9.59 Å². The summed E-state index contributed by atoms with van der Waals surface area (Å²) in [5.74, 6) is 0.677. The molecule has 0 saturated carbocycles. The van der Waals surface area contributed by atoms with Crippen LogP contribution in [0.15, 0.2) is 36.4 Å². The van der Waals surface area contributed by atoms with Gasteiger partial charge in [0.15, 0.2) is 5.78 Å². The number of thiophene rings is 1. The topological polar surface area (TPSA) is 63.4 Å². The Labute approximate surface area is 159 Å². The number of hydrogen-bond acceptors (Lipinski definition) is 4. The fraction of sp³-hybridized carbons (Fsp3) is 0.429. The van der Waals surface area contributed by atoms with E-state index in [1.54, 1.807) is 11.3 Å². The Bertz CT molecular complexity index is 785. The number of nitrogens with zero attached hydrogens (tertiary/aromatic N) is 1. The maximum absolute atomic E-state index is 12.6. The molecule has 0 bridgehead atoms. The number of ketones is 1. The van der Waals surface area contributed by atoms with Gasteiger partial charge in [0, 0.05) is 47.2 Å². The molecule has 138 valence electrons. The van der Waals surface area contributed by atoms with Gasteiger partial charge in [-0.25, -0.2) is 0 Å². The molecule has 1 saturated heterocycles. The Hall–Kier alpha value is -1.98. The highest BCUT2D eigenvalue weighted by Crippen LogP contribution is 2.32. The predicted molar refractivity (Wildman–Crippen MR) is 106 cm³/mol. The minimum Gasteiger partial charge on any atom is -0.342 e. The van der Waals surface area contributed by atoms with E-state index >= 15 is 0 Å². The lowest BCUT2D eigenvalue weighted by Gasteiger charge is -2.16. The standard InChI is InChI=1S/C21H26N2O2S/c1-14-10-18(15(2)26-14)20(24)8-9-21(25)23-12-17(11-22)19(13-23)16-6-4-3-5-7-16/h3-7,10,17,19H,8-9,11-13,22H2,1-2H3/t17-,19+/m1/s1. The Kier molecular flexibility index (Phi) is 5.89. The normalized spacial score (nSPS) is 19.7. The average molecular weight is 371 g/mol. The van der Waals surface area contributed by atoms with Crippen molar-refractivity contribution >= 4 is 23.0 Å². The molecule has 1 aromatic heterocycles. The Morgan fingerprint density at radius 1 is 1.15 bits per heavy atom. The summed E-state index contributed by atoms with van der Waals surface area (Å²) >= 11 is 1.63. The fourth-order valence-corrected chi connectivity index (χ4v) is 4.75. The SMILES string of the molecule is Cc1cc(C(=O)CCC(=O)N2C[C@@H](CN)[C@H](c3ccccc3)C2)c(C)s1. The Morgan fingerprint density at radius 3 is 2.50 bits per heavy atom. The first-order valence-corrected chi connectivity index (χ1v) is 9.94. The lowest BCUT2D eigenvalue weighted by atomic mass is 9.89. The lowest BCUT2D eigenvalue weighted by molar-refractivity contribution is -0.130. The van der Waals surface area contributed by atoms with Gasteiger partial charge in [-0.15, -0.1) is 11.3 Å². The molecule has 2 heterocycles. The number of rotatable bonds is 6. The van der Waals surface area contributed by atoms with Gasteiger partial charge in [0.2, 0.25) is 5.91 Å². The predicted octanol–water partition coefficient (Wildman–Crippen LogP) is 3.53. The first-order valence-electron chi connectivity index (χ1n) is 9.12. The van der Waals surface area contributed by atoms with Crippen molar-refractivity contribution in [3.63, 3.8) is 0 Å². The molecule has 4 nitrogen and oxygen atoms in total. The van der Waals surface area contributed by atoms with Crippen molar-refractivity contribution in [2.45, 2.75) is 32.6 Å². The molecular weight excluding hydrogens is 344 g/mol. The smallest absolute Gasteiger partial charge is 0.223 e. The summed E-state index contributed by atoms with van der Waals surface area (Å²) in [5, 5.41) is 0. The van der Waals surface area contributed by atoms with Crippen LogP contribution in [0.1, 0.15) is 44.4 Å². The monoisotopic (exact) mass is 370 g/mol. The molecule has 0 aliphatic carbocycles. The van der Waals surface area contributed by atoms with Crippen LogP contribution in [0.5, 0.6) is 0 Å². The molecule has 2 atom stereocenters. The number of likely N-dealkylation sites (tertiary alicyclic amines) is 1. The van der Waals surface area contributed by atoms with Crippen LogP contribution in [0.4, 0.5) is 0 Å². The van der Waals surface area contributed by atoms with Crippen molar-refractivity contribution in [3.05, 3.63) is 57.3 Å². The summed E-state index contributed by atoms with van der Waals surface area (Å²) in [6.45, 7) is 5.90. The molecule has 5 heteroatoms. The van der Waals surface area contributed by atoms with Gasteiger partial charge in [-0.05, 0) is 37.9 Å². The van der Waals surface area contributed by atoms with Gasteiger partial charge in [0.05, 0.1) is 0 Å². The number of Topliss-reactive ketones (excluding diaryl/α,β-unsaturated/α-hetero) is 1. The van der Waals surface area contributed by atoms with Gasteiger partial charge >= 0.3 is 0 Å². The zero-order chi connectivity index (χ0) is 18.7. The second-order valence-electron chi connectivity index (χ2n) is 7.06. The molecule has 2 N–H and O–H groups in total. The van der Waals surface area contributed by atoms with Crippen LogP contribution in [0.2, 0.25) is 0 Å². The fourth-order valence-electron chi connectivity index (χ4n) is 3.81. The van der Waals surface area contributed by atoms with Crippen molar-refractivity contribution in [2.24, 2.45) is 11.7 Å². The maximum atomic E-state index is 12.6. The number of hydrogen-bond donors (Lipinski definition) is 1. The molecule has 26 heavy (non-hydrogen) atoms. The van der Waals surface area contributed by atoms with Crippen LogP contribution in [-0.4, -0.2) is 36.2 Å². The van der Waals surface area contributed by atoms with Gasteiger partial charge in [-0.3, -0.25) is 9.59 Å². The third kappa shape index (κ3) is 4.05. The quantitative estimate of drug-likeness (QED) is 0.791. The summed E-state index contributed by atoms with van der Waals surface area (Å²) < 4.78 is 0. The van der Waals surface area contributed by atoms with Crippen LogP contribution in [0.25, 0.3) is 0 Å². The van der Waals surface area contributed by atoms with E-state index in [-0.39, 0.29) is 36.4 Å². The molecule has 3 rings (SSSR count). The maximum Gasteiger partial charge on any atom is 0.223 e. The number of carbonyl (C=O) groups is 2. The second kappa shape index (κ2) is 8.14. The lowest BCUT2D eigenvalue weighted by Crippen LogP contribution is -2.30. The van der Waals surface area contributed by atoms with E-state index in [0.29, 0.717) is 19.6 Å². The summed E-state index contributed by atoms with van der Waals surface area (Å²) in [4.78, 5) is 29.1. The average Bonchev–Trinajstić information content (AvgIpc) is 3.23. The molecule has 1 aliphatic heterocycles. The van der Waals surface area contributed by atoms with Crippen molar-refractivity contribution < 1.29 is 9.59 Å². The van der Waals surface area contributed by atoms with Crippen LogP contribution in [-0.2, 0) is 4.79 Å². The van der Waals surface area contributed by atoms with Crippen molar-refractivity contribution in [2.75, 3.05) is 19.6 Å². The van der Waals surface area contributed by atoms with Crippen molar-refractivity contribution in [3.8, 4) is 0 Å². The van der Waals surface area contributed by atoms with Crippen LogP contribution in [0.3, 0.4) is 0 Å². The highest BCUT2D eigenvalue weighted by molar-refractivity contribution is 7.12. The van der Waals surface area contributed by atoms with E-state index in [0.717, 1.165) is 15.3 Å². The van der Waals surface area contributed by atoms with Gasteiger partial charge < -0.3 is 10.6 Å². The zero-order valence-electron chi connectivity index (χ0n) is 15.4. The molecule has 0 unspecified atom stereocenters. The number of nitrogens with two attached hydrogens (primary N) is 1.